The number of aliphatic hydroxyl groups excluding tert-OH is 1. The van der Waals surface area contributed by atoms with E-state index in [1.165, 1.54) is 6.08 Å². The summed E-state index contributed by atoms with van der Waals surface area (Å²) in [5.74, 6) is -1.39. The van der Waals surface area contributed by atoms with Crippen LogP contribution in [0, 0.1) is 28.6 Å². The molecular formula is C29H40O6. The molecule has 0 unspecified atom stereocenters. The Bertz CT molecular complexity index is 1050. The molecule has 6 heteroatoms. The van der Waals surface area contributed by atoms with Gasteiger partial charge in [-0.1, -0.05) is 39.8 Å². The van der Waals surface area contributed by atoms with Gasteiger partial charge in [-0.15, -0.1) is 0 Å². The van der Waals surface area contributed by atoms with Crippen LogP contribution in [-0.4, -0.2) is 51.5 Å². The number of aliphatic hydroxyl groups is 2. The molecule has 2 aliphatic heterocycles. The lowest BCUT2D eigenvalue weighted by molar-refractivity contribution is -0.299. The van der Waals surface area contributed by atoms with Gasteiger partial charge in [-0.05, 0) is 68.6 Å². The van der Waals surface area contributed by atoms with E-state index in [1.54, 1.807) is 6.08 Å². The molecule has 0 radical (unpaired) electrons. The van der Waals surface area contributed by atoms with Crippen molar-refractivity contribution in [3.63, 3.8) is 0 Å². The first kappa shape index (κ1) is 25.1. The van der Waals surface area contributed by atoms with Crippen molar-refractivity contribution < 1.29 is 29.3 Å². The molecule has 0 aromatic rings. The van der Waals surface area contributed by atoms with E-state index in [1.807, 2.05) is 33.8 Å². The van der Waals surface area contributed by atoms with Crippen molar-refractivity contribution in [3.8, 4) is 0 Å². The van der Waals surface area contributed by atoms with Crippen LogP contribution in [0.25, 0.3) is 0 Å². The maximum atomic E-state index is 13.1. The quantitative estimate of drug-likeness (QED) is 0.546. The molecule has 0 amide bonds. The standard InChI is InChI=1S/C29H40O6/c1-17-21(8-7-13-34-29(17)24(32)18(2)25(3,4)35-29)26(5)11-12-28(33)19(16-26)14-23(31)22-15-20(30)9-10-27(22,28)6/h11-12,14-15,17-18,21,24,32-33H,7-10,13,16H2,1-6H3/t17-,18-,21+,24+,26-,27-,28+,29+/m0/s1. The Labute approximate surface area is 208 Å². The van der Waals surface area contributed by atoms with Crippen LogP contribution < -0.4 is 0 Å². The zero-order valence-electron chi connectivity index (χ0n) is 21.9. The monoisotopic (exact) mass is 484 g/mol. The summed E-state index contributed by atoms with van der Waals surface area (Å²) in [6.07, 6.45) is 9.30. The maximum Gasteiger partial charge on any atom is 0.198 e. The van der Waals surface area contributed by atoms with E-state index in [4.69, 9.17) is 9.47 Å². The minimum atomic E-state index is -1.30. The van der Waals surface area contributed by atoms with Crippen LogP contribution in [0.3, 0.4) is 0 Å². The van der Waals surface area contributed by atoms with E-state index >= 15 is 0 Å². The molecule has 5 rings (SSSR count). The number of ether oxygens (including phenoxy) is 2. The van der Waals surface area contributed by atoms with E-state index in [-0.39, 0.29) is 34.7 Å². The lowest BCUT2D eigenvalue weighted by atomic mass is 9.51. The fourth-order valence-electron chi connectivity index (χ4n) is 7.72. The third kappa shape index (κ3) is 3.29. The van der Waals surface area contributed by atoms with Gasteiger partial charge in [-0.25, -0.2) is 0 Å². The molecule has 5 aliphatic rings. The van der Waals surface area contributed by atoms with Gasteiger partial charge in [0.1, 0.15) is 11.7 Å². The second kappa shape index (κ2) is 7.70. The van der Waals surface area contributed by atoms with Crippen molar-refractivity contribution in [1.82, 2.24) is 0 Å². The van der Waals surface area contributed by atoms with E-state index in [0.717, 1.165) is 18.4 Å². The van der Waals surface area contributed by atoms with E-state index in [0.29, 0.717) is 31.4 Å². The number of rotatable bonds is 1. The first-order valence-corrected chi connectivity index (χ1v) is 13.2. The normalized spacial score (nSPS) is 49.3. The second-order valence-electron chi connectivity index (χ2n) is 12.7. The van der Waals surface area contributed by atoms with Gasteiger partial charge >= 0.3 is 0 Å². The highest BCUT2D eigenvalue weighted by Crippen LogP contribution is 2.61. The molecule has 2 heterocycles. The van der Waals surface area contributed by atoms with Crippen molar-refractivity contribution in [1.29, 1.82) is 0 Å². The van der Waals surface area contributed by atoms with Crippen LogP contribution in [0.5, 0.6) is 0 Å². The minimum absolute atomic E-state index is 0.0549. The molecule has 3 aliphatic carbocycles. The van der Waals surface area contributed by atoms with Crippen LogP contribution in [-0.2, 0) is 19.1 Å². The van der Waals surface area contributed by atoms with E-state index in [9.17, 15) is 19.8 Å². The van der Waals surface area contributed by atoms with Gasteiger partial charge in [-0.3, -0.25) is 9.59 Å². The number of hydrogen-bond acceptors (Lipinski definition) is 6. The molecule has 6 nitrogen and oxygen atoms in total. The summed E-state index contributed by atoms with van der Waals surface area (Å²) in [5, 5.41) is 23.4. The number of carbonyl (C=O) groups is 2. The van der Waals surface area contributed by atoms with Crippen LogP contribution in [0.1, 0.15) is 73.6 Å². The molecular weight excluding hydrogens is 444 g/mol. The zero-order chi connectivity index (χ0) is 25.6. The Morgan fingerprint density at radius 1 is 1.03 bits per heavy atom. The highest BCUT2D eigenvalue weighted by Gasteiger charge is 2.64. The molecule has 0 aromatic heterocycles. The van der Waals surface area contributed by atoms with Crippen LogP contribution in [0.2, 0.25) is 0 Å². The Morgan fingerprint density at radius 2 is 1.74 bits per heavy atom. The van der Waals surface area contributed by atoms with E-state index in [2.05, 4.69) is 19.9 Å². The molecule has 0 bridgehead atoms. The molecule has 2 N–H and O–H groups in total. The average Bonchev–Trinajstić information content (AvgIpc) is 2.89. The van der Waals surface area contributed by atoms with Crippen molar-refractivity contribution in [3.05, 3.63) is 35.5 Å². The predicted molar refractivity (Wildman–Crippen MR) is 131 cm³/mol. The Balaban J connectivity index is 1.54. The molecule has 1 spiro atoms. The first-order chi connectivity index (χ1) is 16.2. The lowest BCUT2D eigenvalue weighted by Crippen LogP contribution is -2.57. The van der Waals surface area contributed by atoms with Gasteiger partial charge in [0.25, 0.3) is 0 Å². The van der Waals surface area contributed by atoms with Gasteiger partial charge in [0.15, 0.2) is 17.4 Å². The summed E-state index contributed by atoms with van der Waals surface area (Å²) in [7, 11) is 0. The third-order valence-electron chi connectivity index (χ3n) is 10.4. The van der Waals surface area contributed by atoms with Crippen LogP contribution in [0.4, 0.5) is 0 Å². The summed E-state index contributed by atoms with van der Waals surface area (Å²) >= 11 is 0. The Kier molecular flexibility index (Phi) is 5.52. The van der Waals surface area contributed by atoms with Crippen molar-refractivity contribution in [2.45, 2.75) is 96.7 Å². The van der Waals surface area contributed by atoms with Crippen molar-refractivity contribution in [2.24, 2.45) is 28.6 Å². The van der Waals surface area contributed by atoms with Crippen LogP contribution >= 0.6 is 0 Å². The lowest BCUT2D eigenvalue weighted by Gasteiger charge is -2.55. The van der Waals surface area contributed by atoms with Gasteiger partial charge in [0.05, 0.1) is 12.2 Å². The topological polar surface area (TPSA) is 93.1 Å². The summed E-state index contributed by atoms with van der Waals surface area (Å²) < 4.78 is 12.9. The largest absolute Gasteiger partial charge is 0.387 e. The second-order valence-corrected chi connectivity index (χ2v) is 12.7. The fourth-order valence-corrected chi connectivity index (χ4v) is 7.72. The zero-order valence-corrected chi connectivity index (χ0v) is 21.9. The van der Waals surface area contributed by atoms with Crippen molar-refractivity contribution >= 4 is 11.6 Å². The number of hydrogen-bond donors (Lipinski definition) is 2. The molecule has 0 saturated carbocycles. The van der Waals surface area contributed by atoms with E-state index < -0.39 is 28.5 Å². The predicted octanol–water partition coefficient (Wildman–Crippen LogP) is 4.05. The molecule has 8 atom stereocenters. The average molecular weight is 485 g/mol. The van der Waals surface area contributed by atoms with Crippen molar-refractivity contribution in [2.75, 3.05) is 6.61 Å². The third-order valence-corrected chi connectivity index (χ3v) is 10.4. The highest BCUT2D eigenvalue weighted by molar-refractivity contribution is 6.12. The van der Waals surface area contributed by atoms with Gasteiger partial charge in [-0.2, -0.15) is 0 Å². The molecule has 192 valence electrons. The minimum Gasteiger partial charge on any atom is -0.387 e. The van der Waals surface area contributed by atoms with Gasteiger partial charge < -0.3 is 19.7 Å². The van der Waals surface area contributed by atoms with Gasteiger partial charge in [0, 0.05) is 29.2 Å². The number of allylic oxidation sites excluding steroid dienone is 3. The Morgan fingerprint density at radius 3 is 2.40 bits per heavy atom. The van der Waals surface area contributed by atoms with Gasteiger partial charge in [0.2, 0.25) is 0 Å². The summed E-state index contributed by atoms with van der Waals surface area (Å²) in [6, 6.07) is 0. The summed E-state index contributed by atoms with van der Waals surface area (Å²) in [6.45, 7) is 12.8. The number of ketones is 2. The molecule has 2 fully saturated rings. The molecule has 2 saturated heterocycles. The van der Waals surface area contributed by atoms with Crippen LogP contribution in [0.15, 0.2) is 35.5 Å². The molecule has 0 aromatic carbocycles. The SMILES string of the molecule is C[C@H]1[C@@H](O)[C@]2(OCCC[C@@H]([C@@]3(C)C=C[C@@]4(O)C(=CC(=O)C5=CC(=O)CC[C@@]54C)C3)[C@@H]2C)OC1(C)C. The number of carbonyl (C=O) groups excluding carboxylic acids is 2. The molecule has 35 heavy (non-hydrogen) atoms. The first-order valence-electron chi connectivity index (χ1n) is 13.2. The fraction of sp³-hybridized carbons (Fsp3) is 0.724. The number of fused-ring (bicyclic) bond motifs is 3. The Hall–Kier alpha value is -1.60. The summed E-state index contributed by atoms with van der Waals surface area (Å²) in [4.78, 5) is 25.2. The highest BCUT2D eigenvalue weighted by atomic mass is 16.7. The smallest absolute Gasteiger partial charge is 0.198 e. The maximum absolute atomic E-state index is 13.1. The summed E-state index contributed by atoms with van der Waals surface area (Å²) in [5.41, 5.74) is -1.85.